The van der Waals surface area contributed by atoms with Gasteiger partial charge in [-0.15, -0.1) is 12.4 Å². The third-order valence-electron chi connectivity index (χ3n) is 4.18. The molecule has 1 aromatic carbocycles. The first-order valence-electron chi connectivity index (χ1n) is 8.70. The minimum Gasteiger partial charge on any atom is -0.490 e. The highest BCUT2D eigenvalue weighted by molar-refractivity contribution is 6.32. The molecule has 1 amide bonds. The van der Waals surface area contributed by atoms with Crippen LogP contribution in [0.4, 0.5) is 0 Å². The fraction of sp³-hybridized carbons (Fsp3) is 0.611. The molecule has 0 unspecified atom stereocenters. The average molecular weight is 391 g/mol. The molecule has 0 saturated heterocycles. The Hall–Kier alpha value is -1.17. The normalized spacial score (nSPS) is 15.1. The van der Waals surface area contributed by atoms with Gasteiger partial charge in [-0.25, -0.2) is 0 Å². The van der Waals surface area contributed by atoms with Gasteiger partial charge in [-0.05, 0) is 37.5 Å². The van der Waals surface area contributed by atoms with E-state index >= 15 is 0 Å². The van der Waals surface area contributed by atoms with Crippen molar-refractivity contribution < 1.29 is 14.3 Å². The minimum absolute atomic E-state index is 0. The maximum Gasteiger partial charge on any atom is 0.255 e. The van der Waals surface area contributed by atoms with Gasteiger partial charge in [-0.2, -0.15) is 0 Å². The minimum atomic E-state index is -0.548. The summed E-state index contributed by atoms with van der Waals surface area (Å²) in [6, 6.07) is 4.33. The van der Waals surface area contributed by atoms with Crippen LogP contribution in [0.25, 0.3) is 0 Å². The predicted molar refractivity (Wildman–Crippen MR) is 103 cm³/mol. The number of nitrogens with one attached hydrogen (secondary N) is 1. The van der Waals surface area contributed by atoms with Gasteiger partial charge in [0.1, 0.15) is 0 Å². The molecule has 0 aromatic heterocycles. The van der Waals surface area contributed by atoms with Crippen molar-refractivity contribution in [3.05, 3.63) is 22.7 Å². The first kappa shape index (κ1) is 21.9. The molecule has 1 fully saturated rings. The fourth-order valence-corrected chi connectivity index (χ4v) is 3.30. The molecule has 0 spiro atoms. The fourth-order valence-electron chi connectivity index (χ4n) is 3.02. The summed E-state index contributed by atoms with van der Waals surface area (Å²) in [4.78, 5) is 10.9. The Morgan fingerprint density at radius 3 is 2.52 bits per heavy atom. The summed E-state index contributed by atoms with van der Waals surface area (Å²) in [5.41, 5.74) is 6.17. The summed E-state index contributed by atoms with van der Waals surface area (Å²) in [5.74, 6) is 0.368. The summed E-state index contributed by atoms with van der Waals surface area (Å²) in [6.07, 6.45) is 7.72. The van der Waals surface area contributed by atoms with Gasteiger partial charge in [0.25, 0.3) is 5.91 Å². The lowest BCUT2D eigenvalue weighted by atomic mass is 10.1. The zero-order chi connectivity index (χ0) is 17.4. The molecule has 0 atom stereocenters. The average Bonchev–Trinajstić information content (AvgIpc) is 2.81. The molecule has 2 rings (SSSR count). The number of hydrogen-bond donors (Lipinski definition) is 2. The summed E-state index contributed by atoms with van der Waals surface area (Å²) >= 11 is 6.32. The SMILES string of the molecule is CCOc1cc(CNC2CCCCCC2)cc(Cl)c1OCC(N)=O.Cl. The van der Waals surface area contributed by atoms with Crippen molar-refractivity contribution >= 4 is 29.9 Å². The zero-order valence-electron chi connectivity index (χ0n) is 14.7. The summed E-state index contributed by atoms with van der Waals surface area (Å²) in [5, 5.41) is 4.05. The van der Waals surface area contributed by atoms with E-state index in [0.717, 1.165) is 12.1 Å². The van der Waals surface area contributed by atoms with Crippen molar-refractivity contribution in [3.8, 4) is 11.5 Å². The van der Waals surface area contributed by atoms with Crippen molar-refractivity contribution in [2.45, 2.75) is 58.0 Å². The third kappa shape index (κ3) is 7.30. The number of primary amides is 1. The van der Waals surface area contributed by atoms with E-state index in [2.05, 4.69) is 5.32 Å². The quantitative estimate of drug-likeness (QED) is 0.661. The Bertz CT molecular complexity index is 547. The molecule has 0 bridgehead atoms. The molecule has 1 saturated carbocycles. The van der Waals surface area contributed by atoms with Crippen LogP contribution in [0.1, 0.15) is 51.0 Å². The van der Waals surface area contributed by atoms with E-state index in [1.54, 1.807) is 0 Å². The highest BCUT2D eigenvalue weighted by Crippen LogP contribution is 2.36. The summed E-state index contributed by atoms with van der Waals surface area (Å²) in [7, 11) is 0. The molecule has 1 aliphatic rings. The highest BCUT2D eigenvalue weighted by Gasteiger charge is 2.15. The molecule has 1 aromatic rings. The van der Waals surface area contributed by atoms with E-state index in [0.29, 0.717) is 29.2 Å². The number of carbonyl (C=O) groups excluding carboxylic acids is 1. The molecule has 3 N–H and O–H groups in total. The van der Waals surface area contributed by atoms with Crippen molar-refractivity contribution in [3.63, 3.8) is 0 Å². The summed E-state index contributed by atoms with van der Waals surface area (Å²) < 4.78 is 11.0. The van der Waals surface area contributed by atoms with E-state index in [4.69, 9.17) is 26.8 Å². The van der Waals surface area contributed by atoms with Gasteiger partial charge >= 0.3 is 0 Å². The number of rotatable bonds is 8. The van der Waals surface area contributed by atoms with E-state index < -0.39 is 5.91 Å². The maximum absolute atomic E-state index is 10.9. The lowest BCUT2D eigenvalue weighted by molar-refractivity contribution is -0.119. The molecule has 5 nitrogen and oxygen atoms in total. The second-order valence-electron chi connectivity index (χ2n) is 6.16. The Morgan fingerprint density at radius 1 is 1.24 bits per heavy atom. The van der Waals surface area contributed by atoms with E-state index in [1.165, 1.54) is 38.5 Å². The molecule has 0 heterocycles. The second kappa shape index (κ2) is 11.4. The van der Waals surface area contributed by atoms with Crippen molar-refractivity contribution in [2.75, 3.05) is 13.2 Å². The predicted octanol–water partition coefficient (Wildman–Crippen LogP) is 3.84. The van der Waals surface area contributed by atoms with E-state index in [9.17, 15) is 4.79 Å². The molecule has 0 aliphatic heterocycles. The smallest absolute Gasteiger partial charge is 0.255 e. The Kier molecular flexibility index (Phi) is 10.0. The van der Waals surface area contributed by atoms with Crippen LogP contribution in [0.2, 0.25) is 5.02 Å². The molecule has 0 radical (unpaired) electrons. The Morgan fingerprint density at radius 2 is 1.92 bits per heavy atom. The van der Waals surface area contributed by atoms with Crippen LogP contribution in [0, 0.1) is 0 Å². The van der Waals surface area contributed by atoms with Gasteiger partial charge in [0.15, 0.2) is 18.1 Å². The van der Waals surface area contributed by atoms with E-state index in [-0.39, 0.29) is 19.0 Å². The van der Waals surface area contributed by atoms with Gasteiger partial charge in [0, 0.05) is 12.6 Å². The molecule has 142 valence electrons. The molecule has 1 aliphatic carbocycles. The van der Waals surface area contributed by atoms with Crippen LogP contribution in [-0.4, -0.2) is 25.2 Å². The number of hydrogen-bond acceptors (Lipinski definition) is 4. The van der Waals surface area contributed by atoms with Crippen LogP contribution in [0.5, 0.6) is 11.5 Å². The van der Waals surface area contributed by atoms with Gasteiger partial charge < -0.3 is 20.5 Å². The van der Waals surface area contributed by atoms with Gasteiger partial charge in [0.05, 0.1) is 11.6 Å². The lowest BCUT2D eigenvalue weighted by Crippen LogP contribution is -2.27. The standard InChI is InChI=1S/C18H27ClN2O3.ClH/c1-2-23-16-10-13(9-15(19)18(16)24-12-17(20)22)11-21-14-7-5-3-4-6-8-14;/h9-10,14,21H,2-8,11-12H2,1H3,(H2,20,22);1H. The van der Waals surface area contributed by atoms with Crippen LogP contribution >= 0.6 is 24.0 Å². The highest BCUT2D eigenvalue weighted by atomic mass is 35.5. The van der Waals surface area contributed by atoms with Gasteiger partial charge in [0.2, 0.25) is 0 Å². The zero-order valence-corrected chi connectivity index (χ0v) is 16.3. The largest absolute Gasteiger partial charge is 0.490 e. The van der Waals surface area contributed by atoms with Gasteiger partial charge in [-0.3, -0.25) is 4.79 Å². The second-order valence-corrected chi connectivity index (χ2v) is 6.57. The number of benzene rings is 1. The monoisotopic (exact) mass is 390 g/mol. The van der Waals surface area contributed by atoms with Gasteiger partial charge in [-0.1, -0.05) is 37.3 Å². The first-order valence-corrected chi connectivity index (χ1v) is 9.07. The third-order valence-corrected chi connectivity index (χ3v) is 4.46. The molecular weight excluding hydrogens is 363 g/mol. The molecule has 7 heteroatoms. The van der Waals surface area contributed by atoms with Crippen LogP contribution < -0.4 is 20.5 Å². The van der Waals surface area contributed by atoms with Crippen LogP contribution in [0.3, 0.4) is 0 Å². The first-order chi connectivity index (χ1) is 11.6. The Labute approximate surface area is 161 Å². The van der Waals surface area contributed by atoms with Crippen LogP contribution in [0.15, 0.2) is 12.1 Å². The number of halogens is 2. The van der Waals surface area contributed by atoms with Crippen molar-refractivity contribution in [1.29, 1.82) is 0 Å². The van der Waals surface area contributed by atoms with Crippen LogP contribution in [-0.2, 0) is 11.3 Å². The Balaban J connectivity index is 0.00000312. The van der Waals surface area contributed by atoms with Crippen molar-refractivity contribution in [2.24, 2.45) is 5.73 Å². The molecular formula is C18H28Cl2N2O3. The topological polar surface area (TPSA) is 73.6 Å². The number of carbonyl (C=O) groups is 1. The number of ether oxygens (including phenoxy) is 2. The summed E-state index contributed by atoms with van der Waals surface area (Å²) in [6.45, 7) is 2.89. The number of nitrogens with two attached hydrogens (primary N) is 1. The lowest BCUT2D eigenvalue weighted by Gasteiger charge is -2.18. The molecule has 25 heavy (non-hydrogen) atoms. The maximum atomic E-state index is 10.9. The van der Waals surface area contributed by atoms with E-state index in [1.807, 2.05) is 19.1 Å². The van der Waals surface area contributed by atoms with Crippen molar-refractivity contribution in [1.82, 2.24) is 5.32 Å². The number of amides is 1.